The molecule has 1 fully saturated rings. The lowest BCUT2D eigenvalue weighted by molar-refractivity contribution is -0.140. The zero-order valence-corrected chi connectivity index (χ0v) is 57.4. The van der Waals surface area contributed by atoms with Gasteiger partial charge in [0.05, 0.1) is 37.4 Å². The van der Waals surface area contributed by atoms with Crippen molar-refractivity contribution < 1.29 is 78.0 Å². The van der Waals surface area contributed by atoms with Crippen molar-refractivity contribution in [3.05, 3.63) is 29.8 Å². The van der Waals surface area contributed by atoms with Gasteiger partial charge in [-0.2, -0.15) is 0 Å². The average Bonchev–Trinajstić information content (AvgIpc) is 0.818. The molecule has 0 radical (unpaired) electrons. The molecule has 536 valence electrons. The van der Waals surface area contributed by atoms with Crippen LogP contribution >= 0.6 is 0 Å². The van der Waals surface area contributed by atoms with Crippen molar-refractivity contribution in [2.75, 3.05) is 38.7 Å². The molecule has 1 saturated heterocycles. The van der Waals surface area contributed by atoms with Gasteiger partial charge in [0.2, 0.25) is 70.9 Å². The van der Waals surface area contributed by atoms with Gasteiger partial charge in [-0.25, -0.2) is 0 Å². The molecule has 1 heterocycles. The number of anilines is 1. The molecule has 12 amide bonds. The third kappa shape index (κ3) is 27.5. The predicted octanol–water partition coefficient (Wildman–Crippen LogP) is -5.02. The normalized spacial score (nSPS) is 24.3. The highest BCUT2D eigenvalue weighted by molar-refractivity contribution is 6.01. The Hall–Kier alpha value is -8.27. The Morgan fingerprint density at radius 2 is 1.16 bits per heavy atom. The molecule has 1 aromatic carbocycles. The topological polar surface area (TPSA) is 538 Å². The summed E-state index contributed by atoms with van der Waals surface area (Å²) in [5.74, 6) is -16.4. The van der Waals surface area contributed by atoms with Crippen LogP contribution in [0.3, 0.4) is 0 Å². The van der Waals surface area contributed by atoms with Crippen LogP contribution in [0.15, 0.2) is 29.3 Å². The zero-order chi connectivity index (χ0) is 72.7. The minimum atomic E-state index is -2.57. The summed E-state index contributed by atoms with van der Waals surface area (Å²) in [6.45, 7) is 19.2. The molecule has 1 aliphatic heterocycles. The minimum absolute atomic E-state index is 0.0239. The van der Waals surface area contributed by atoms with E-state index in [1.165, 1.54) is 26.0 Å². The summed E-state index contributed by atoms with van der Waals surface area (Å²) in [5.41, 5.74) is 22.3. The van der Waals surface area contributed by atoms with E-state index in [9.17, 15) is 63.6 Å². The zero-order valence-electron chi connectivity index (χ0n) is 57.4. The van der Waals surface area contributed by atoms with Crippen molar-refractivity contribution >= 4 is 82.5 Å². The van der Waals surface area contributed by atoms with Crippen LogP contribution in [0, 0.1) is 28.6 Å². The van der Waals surface area contributed by atoms with Crippen LogP contribution in [0.25, 0.3) is 0 Å². The number of hydrogen-bond donors (Lipinski definition) is 19. The molecule has 1 aromatic rings. The van der Waals surface area contributed by atoms with Crippen molar-refractivity contribution in [1.29, 1.82) is 0 Å². The van der Waals surface area contributed by atoms with E-state index in [4.69, 9.17) is 22.9 Å². The second kappa shape index (κ2) is 37.7. The maximum absolute atomic E-state index is 15.6. The van der Waals surface area contributed by atoms with Crippen LogP contribution in [0.1, 0.15) is 140 Å². The van der Waals surface area contributed by atoms with Crippen LogP contribution in [0.5, 0.6) is 0 Å². The first-order valence-electron chi connectivity index (χ1n) is 31.8. The number of aliphatic hydroxyl groups is 4. The summed E-state index contributed by atoms with van der Waals surface area (Å²) in [6.07, 6.45) is -6.05. The highest BCUT2D eigenvalue weighted by Crippen LogP contribution is 2.26. The van der Waals surface area contributed by atoms with E-state index < -0.39 is 191 Å². The number of nitrogens with zero attached hydrogens (tertiary/aromatic N) is 2. The average molecular weight is 1350 g/mol. The molecule has 2 rings (SSSR count). The number of benzene rings is 1. The highest BCUT2D eigenvalue weighted by Gasteiger charge is 2.43. The van der Waals surface area contributed by atoms with Crippen LogP contribution in [-0.4, -0.2) is 210 Å². The van der Waals surface area contributed by atoms with E-state index in [0.29, 0.717) is 5.69 Å². The van der Waals surface area contributed by atoms with Crippen LogP contribution < -0.4 is 86.3 Å². The molecule has 23 N–H and O–H groups in total. The van der Waals surface area contributed by atoms with Gasteiger partial charge in [-0.3, -0.25) is 62.5 Å². The lowest BCUT2D eigenvalue weighted by Gasteiger charge is -2.35. The first-order valence-corrected chi connectivity index (χ1v) is 31.8. The Morgan fingerprint density at radius 3 is 1.66 bits per heavy atom. The third-order valence-corrected chi connectivity index (χ3v) is 15.4. The second-order valence-electron chi connectivity index (χ2n) is 27.5. The number of nitrogens with two attached hydrogens (primary N) is 4. The summed E-state index contributed by atoms with van der Waals surface area (Å²) in [7, 11) is 3.42. The molecular formula is C62H107N17O16. The fourth-order valence-corrected chi connectivity index (χ4v) is 9.96. The van der Waals surface area contributed by atoms with Crippen molar-refractivity contribution in [3.8, 4) is 0 Å². The Morgan fingerprint density at radius 1 is 0.642 bits per heavy atom. The largest absolute Gasteiger partial charge is 0.394 e. The molecule has 0 aromatic heterocycles. The minimum Gasteiger partial charge on any atom is -0.394 e. The number of carbonyl (C=O) groups excluding carboxylic acids is 12. The second-order valence-corrected chi connectivity index (χ2v) is 27.5. The Bertz CT molecular complexity index is 2840. The first kappa shape index (κ1) is 82.8. The van der Waals surface area contributed by atoms with Crippen LogP contribution in [0.4, 0.5) is 5.69 Å². The molecular weight excluding hydrogens is 1240 g/mol. The number of guanidine groups is 1. The Kier molecular flexibility index (Phi) is 32.9. The Balaban J connectivity index is 3.24. The molecule has 33 nitrogen and oxygen atoms in total. The van der Waals surface area contributed by atoms with E-state index in [0.717, 1.165) is 6.92 Å². The van der Waals surface area contributed by atoms with Gasteiger partial charge in [0, 0.05) is 26.3 Å². The third-order valence-electron chi connectivity index (χ3n) is 15.4. The Labute approximate surface area is 555 Å². The number of nitrogens with one attached hydrogen (secondary N) is 11. The van der Waals surface area contributed by atoms with Crippen molar-refractivity contribution in [2.45, 2.75) is 213 Å². The predicted molar refractivity (Wildman–Crippen MR) is 352 cm³/mol. The van der Waals surface area contributed by atoms with Gasteiger partial charge in [0.25, 0.3) is 0 Å². The molecule has 15 atom stereocenters. The van der Waals surface area contributed by atoms with Crippen molar-refractivity contribution in [2.24, 2.45) is 56.5 Å². The molecule has 0 saturated carbocycles. The van der Waals surface area contributed by atoms with Gasteiger partial charge in [0.1, 0.15) is 54.4 Å². The quantitative estimate of drug-likeness (QED) is 0.0294. The number of rotatable bonds is 22. The van der Waals surface area contributed by atoms with E-state index in [1.54, 1.807) is 79.6 Å². The highest BCUT2D eigenvalue weighted by atomic mass is 16.3. The summed E-state index contributed by atoms with van der Waals surface area (Å²) < 4.78 is 0. The van der Waals surface area contributed by atoms with Crippen LogP contribution in [-0.2, 0) is 57.5 Å². The number of hydrogen-bond acceptors (Lipinski definition) is 19. The van der Waals surface area contributed by atoms with Gasteiger partial charge in [-0.1, -0.05) is 102 Å². The summed E-state index contributed by atoms with van der Waals surface area (Å²) >= 11 is 0. The molecule has 0 aliphatic carbocycles. The molecule has 95 heavy (non-hydrogen) atoms. The SMILES string of the molecule is CC[C@H](C)[C@@H]1NC(=O)[C@@H](CCCN=C(N)N)NC(=O)[C@H](CC(C)C)NC(=O)[C@H]([C@H](O)C(C)C)NC(=O)[C@@H](NC(=O)[C@H](CC(C)(C)C)NC(=O)[C@H](N)CC(C)(C)C)[C@@H](c2ccc(N(C)C)cc2)NC(=O)[C@H](CO)NC(=O)[C@H]([C@H](O)C(N)=O)NC(=O)CNC(=O)[C@H]([C@H](C)O)NC1=O. The number of carbonyl (C=O) groups is 12. The standard InChI is InChI=1S/C62H107N17O16/c1-16-31(6)41-56(92)75-42(32(7)81)55(91)68-27-40(82)73-46(48(84)49(64)85)59(95)72-39(28-80)54(90)76-43(33-19-21-34(22-20-33)79(14)15)44(77-53(89)38(26-62(11,12)13)71-50(86)35(63)25-61(8,9)10)57(93)78-45(47(83)30(4)5)58(94)70-37(24-29(2)3)52(88)69-36(51(87)74-41)18-17-23-67-60(65)66/h19-22,29-32,35-39,41-48,80-81,83-84H,16-18,23-28,63H2,1-15H3,(H2,64,85)(H,68,91)(H,69,88)(H,70,94)(H,71,86)(H,72,95)(H,73,82)(H,74,87)(H,75,92)(H,76,90)(H,77,89)(H,78,93)(H4,65,66,67)/t31-,32-,35+,36+,37-,38-,39-,41-,42-,43+,44-,45-,46-,47+,48-/m0/s1. The summed E-state index contributed by atoms with van der Waals surface area (Å²) in [5, 5.41) is 71.6. The van der Waals surface area contributed by atoms with E-state index in [1.807, 2.05) is 26.1 Å². The smallest absolute Gasteiger partial charge is 0.248 e. The molecule has 0 unspecified atom stereocenters. The van der Waals surface area contributed by atoms with Crippen LogP contribution in [0.2, 0.25) is 0 Å². The lowest BCUT2D eigenvalue weighted by Crippen LogP contribution is -2.65. The number of primary amides is 1. The molecule has 33 heteroatoms. The van der Waals surface area contributed by atoms with E-state index in [-0.39, 0.29) is 62.5 Å². The number of aliphatic imine (C=N–C) groups is 1. The number of amides is 12. The van der Waals surface area contributed by atoms with E-state index in [2.05, 4.69) is 58.2 Å². The molecule has 1 aliphatic rings. The summed E-state index contributed by atoms with van der Waals surface area (Å²) in [6, 6.07) is -13.5. The molecule has 0 spiro atoms. The summed E-state index contributed by atoms with van der Waals surface area (Å²) in [4.78, 5) is 178. The monoisotopic (exact) mass is 1350 g/mol. The van der Waals surface area contributed by atoms with Crippen molar-refractivity contribution in [1.82, 2.24) is 58.5 Å². The molecule has 0 bridgehead atoms. The fraction of sp³-hybridized carbons (Fsp3) is 0.694. The van der Waals surface area contributed by atoms with Gasteiger partial charge in [-0.05, 0) is 85.3 Å². The fourth-order valence-electron chi connectivity index (χ4n) is 9.96. The van der Waals surface area contributed by atoms with Gasteiger partial charge >= 0.3 is 0 Å². The van der Waals surface area contributed by atoms with Gasteiger partial charge in [-0.15, -0.1) is 0 Å². The lowest BCUT2D eigenvalue weighted by atomic mass is 9.86. The van der Waals surface area contributed by atoms with Crippen molar-refractivity contribution in [3.63, 3.8) is 0 Å². The van der Waals surface area contributed by atoms with E-state index >= 15 is 14.4 Å². The maximum atomic E-state index is 15.6. The maximum Gasteiger partial charge on any atom is 0.248 e. The van der Waals surface area contributed by atoms with Gasteiger partial charge < -0.3 is 107 Å². The first-order chi connectivity index (χ1) is 43.9. The number of aliphatic hydroxyl groups excluding tert-OH is 4. The van der Waals surface area contributed by atoms with Gasteiger partial charge in [0.15, 0.2) is 12.1 Å².